The number of aliphatic carboxylic acids is 3. The first-order valence-corrected chi connectivity index (χ1v) is 4.96. The van der Waals surface area contributed by atoms with Gasteiger partial charge in [0.15, 0.2) is 5.60 Å². The van der Waals surface area contributed by atoms with Crippen LogP contribution in [0, 0.1) is 0 Å². The number of carboxylic acid groups (broad SMARTS) is 3. The first kappa shape index (κ1) is 18.7. The Morgan fingerprint density at radius 1 is 0.944 bits per heavy atom. The predicted molar refractivity (Wildman–Crippen MR) is 61.0 cm³/mol. The van der Waals surface area contributed by atoms with Gasteiger partial charge in [0.05, 0.1) is 12.8 Å². The Bertz CT molecular complexity index is 297. The number of aliphatic hydroxyl groups is 1. The second kappa shape index (κ2) is 6.92. The summed E-state index contributed by atoms with van der Waals surface area (Å²) in [5.41, 5.74) is 2.62. The number of rotatable bonds is 5. The normalized spacial score (nSPS) is 11.2. The molecule has 8 nitrogen and oxygen atoms in total. The highest BCUT2D eigenvalue weighted by Crippen LogP contribution is 2.15. The average molecular weight is 265 g/mol. The van der Waals surface area contributed by atoms with Crippen LogP contribution in [0.2, 0.25) is 0 Å². The third kappa shape index (κ3) is 12.4. The first-order chi connectivity index (χ1) is 7.78. The summed E-state index contributed by atoms with van der Waals surface area (Å²) < 4.78 is 0. The van der Waals surface area contributed by atoms with E-state index in [-0.39, 0.29) is 5.54 Å². The molecule has 6 N–H and O–H groups in total. The molecule has 0 aromatic carbocycles. The molecule has 0 fully saturated rings. The maximum absolute atomic E-state index is 10.3. The maximum Gasteiger partial charge on any atom is 0.336 e. The summed E-state index contributed by atoms with van der Waals surface area (Å²) >= 11 is 0. The molecule has 0 radical (unpaired) electrons. The minimum atomic E-state index is -2.74. The van der Waals surface area contributed by atoms with Crippen LogP contribution < -0.4 is 5.73 Å². The molecule has 0 rings (SSSR count). The van der Waals surface area contributed by atoms with Crippen LogP contribution in [0.5, 0.6) is 0 Å². The molecule has 0 atom stereocenters. The fourth-order valence-corrected chi connectivity index (χ4v) is 0.714. The van der Waals surface area contributed by atoms with E-state index < -0.39 is 36.4 Å². The van der Waals surface area contributed by atoms with Gasteiger partial charge >= 0.3 is 17.9 Å². The second-order valence-electron chi connectivity index (χ2n) is 4.84. The SMILES string of the molecule is CC(C)(C)N.O=C(O)CC(O)(CC(=O)O)C(=O)O. The quantitative estimate of drug-likeness (QED) is 0.444. The Hall–Kier alpha value is -1.67. The topological polar surface area (TPSA) is 158 Å². The molecule has 0 saturated heterocycles. The first-order valence-electron chi connectivity index (χ1n) is 4.96. The van der Waals surface area contributed by atoms with Gasteiger partial charge in [0.25, 0.3) is 0 Å². The van der Waals surface area contributed by atoms with Crippen LogP contribution in [0.4, 0.5) is 0 Å². The zero-order valence-corrected chi connectivity index (χ0v) is 10.5. The summed E-state index contributed by atoms with van der Waals surface area (Å²) in [6, 6.07) is 0. The third-order valence-corrected chi connectivity index (χ3v) is 1.29. The van der Waals surface area contributed by atoms with Crippen molar-refractivity contribution in [3.8, 4) is 0 Å². The average Bonchev–Trinajstić information content (AvgIpc) is 1.95. The van der Waals surface area contributed by atoms with Gasteiger partial charge in [-0.05, 0) is 20.8 Å². The van der Waals surface area contributed by atoms with Gasteiger partial charge in [-0.1, -0.05) is 0 Å². The van der Waals surface area contributed by atoms with Crippen molar-refractivity contribution in [2.75, 3.05) is 0 Å². The Balaban J connectivity index is 0. The summed E-state index contributed by atoms with van der Waals surface area (Å²) in [4.78, 5) is 30.5. The lowest BCUT2D eigenvalue weighted by Gasteiger charge is -2.18. The molecule has 0 heterocycles. The van der Waals surface area contributed by atoms with E-state index in [1.807, 2.05) is 20.8 Å². The summed E-state index contributed by atoms with van der Waals surface area (Å²) in [6.45, 7) is 5.90. The standard InChI is InChI=1S/C6H8O7.C4H11N/c7-3(8)1-6(13,5(11)12)2-4(9)10;1-4(2,3)5/h13H,1-2H2,(H,7,8)(H,9,10)(H,11,12);5H2,1-3H3. The largest absolute Gasteiger partial charge is 0.481 e. The minimum absolute atomic E-state index is 0. The highest BCUT2D eigenvalue weighted by atomic mass is 16.4. The molecular formula is C10H19NO7. The molecule has 0 amide bonds. The van der Waals surface area contributed by atoms with Crippen molar-refractivity contribution in [3.63, 3.8) is 0 Å². The van der Waals surface area contributed by atoms with Crippen molar-refractivity contribution in [2.45, 2.75) is 44.8 Å². The summed E-state index contributed by atoms with van der Waals surface area (Å²) in [5, 5.41) is 33.8. The van der Waals surface area contributed by atoms with Gasteiger partial charge in [0.1, 0.15) is 0 Å². The van der Waals surface area contributed by atoms with Crippen LogP contribution in [0.1, 0.15) is 33.6 Å². The summed E-state index contributed by atoms with van der Waals surface area (Å²) in [5.74, 6) is -5.02. The molecule has 0 saturated carbocycles. The zero-order valence-electron chi connectivity index (χ0n) is 10.5. The Morgan fingerprint density at radius 3 is 1.28 bits per heavy atom. The summed E-state index contributed by atoms with van der Waals surface area (Å²) in [7, 11) is 0. The van der Waals surface area contributed by atoms with Crippen molar-refractivity contribution in [2.24, 2.45) is 5.73 Å². The van der Waals surface area contributed by atoms with E-state index in [4.69, 9.17) is 26.2 Å². The van der Waals surface area contributed by atoms with Crippen LogP contribution in [-0.4, -0.2) is 49.5 Å². The lowest BCUT2D eigenvalue weighted by Crippen LogP contribution is -2.42. The van der Waals surface area contributed by atoms with Gasteiger partial charge in [-0.15, -0.1) is 0 Å². The minimum Gasteiger partial charge on any atom is -0.481 e. The highest BCUT2D eigenvalue weighted by molar-refractivity contribution is 5.88. The van der Waals surface area contributed by atoms with Crippen LogP contribution in [0.15, 0.2) is 0 Å². The molecule has 18 heavy (non-hydrogen) atoms. The van der Waals surface area contributed by atoms with Crippen LogP contribution >= 0.6 is 0 Å². The van der Waals surface area contributed by atoms with E-state index in [0.29, 0.717) is 0 Å². The van der Waals surface area contributed by atoms with Crippen LogP contribution in [0.3, 0.4) is 0 Å². The molecule has 0 spiro atoms. The Morgan fingerprint density at radius 2 is 1.17 bits per heavy atom. The lowest BCUT2D eigenvalue weighted by molar-refractivity contribution is -0.170. The number of hydrogen-bond acceptors (Lipinski definition) is 5. The molecule has 0 aliphatic rings. The lowest BCUT2D eigenvalue weighted by atomic mass is 9.96. The Kier molecular flexibility index (Phi) is 7.18. The summed E-state index contributed by atoms with van der Waals surface area (Å²) in [6.07, 6.45) is -2.29. The number of carbonyl (C=O) groups is 3. The smallest absolute Gasteiger partial charge is 0.336 e. The van der Waals surface area contributed by atoms with Gasteiger partial charge in [0, 0.05) is 5.54 Å². The maximum atomic E-state index is 10.3. The van der Waals surface area contributed by atoms with Crippen molar-refractivity contribution in [1.82, 2.24) is 0 Å². The van der Waals surface area contributed by atoms with E-state index in [2.05, 4.69) is 0 Å². The van der Waals surface area contributed by atoms with E-state index in [0.717, 1.165) is 0 Å². The van der Waals surface area contributed by atoms with E-state index in [1.165, 1.54) is 0 Å². The van der Waals surface area contributed by atoms with Gasteiger partial charge in [-0.3, -0.25) is 9.59 Å². The van der Waals surface area contributed by atoms with Crippen molar-refractivity contribution >= 4 is 17.9 Å². The van der Waals surface area contributed by atoms with Gasteiger partial charge in [-0.25, -0.2) is 4.79 Å². The second-order valence-corrected chi connectivity index (χ2v) is 4.84. The van der Waals surface area contributed by atoms with Crippen molar-refractivity contribution in [1.29, 1.82) is 0 Å². The van der Waals surface area contributed by atoms with Gasteiger partial charge < -0.3 is 26.2 Å². The number of carboxylic acids is 3. The fraction of sp³-hybridized carbons (Fsp3) is 0.700. The van der Waals surface area contributed by atoms with E-state index in [1.54, 1.807) is 0 Å². The monoisotopic (exact) mass is 265 g/mol. The molecule has 0 bridgehead atoms. The number of nitrogens with two attached hydrogens (primary N) is 1. The number of hydrogen-bond donors (Lipinski definition) is 5. The van der Waals surface area contributed by atoms with Crippen molar-refractivity contribution in [3.05, 3.63) is 0 Å². The van der Waals surface area contributed by atoms with E-state index >= 15 is 0 Å². The third-order valence-electron chi connectivity index (χ3n) is 1.29. The molecule has 106 valence electrons. The predicted octanol–water partition coefficient (Wildman–Crippen LogP) is -0.505. The van der Waals surface area contributed by atoms with E-state index in [9.17, 15) is 14.4 Å². The molecule has 0 aliphatic heterocycles. The molecular weight excluding hydrogens is 246 g/mol. The molecule has 8 heteroatoms. The molecule has 0 unspecified atom stereocenters. The fourth-order valence-electron chi connectivity index (χ4n) is 0.714. The van der Waals surface area contributed by atoms with Gasteiger partial charge in [0.2, 0.25) is 0 Å². The molecule has 0 aromatic heterocycles. The zero-order chi connectivity index (χ0) is 15.1. The molecule has 0 aliphatic carbocycles. The van der Waals surface area contributed by atoms with Crippen LogP contribution in [0.25, 0.3) is 0 Å². The highest BCUT2D eigenvalue weighted by Gasteiger charge is 2.40. The van der Waals surface area contributed by atoms with Gasteiger partial charge in [-0.2, -0.15) is 0 Å². The molecule has 0 aromatic rings. The van der Waals surface area contributed by atoms with Crippen LogP contribution in [-0.2, 0) is 14.4 Å². The Labute approximate surface area is 104 Å². The van der Waals surface area contributed by atoms with Crippen molar-refractivity contribution < 1.29 is 34.8 Å².